The molecule has 1 heterocycles. The highest BCUT2D eigenvalue weighted by atomic mass is 16.6. The van der Waals surface area contributed by atoms with Crippen LogP contribution < -0.4 is 15.4 Å². The van der Waals surface area contributed by atoms with E-state index in [1.165, 1.54) is 0 Å². The number of carbonyl (C=O) groups excluding carboxylic acids is 1. The number of methoxy groups -OCH3 is 1. The van der Waals surface area contributed by atoms with Gasteiger partial charge in [-0.1, -0.05) is 6.07 Å². The molecule has 2 rings (SSSR count). The number of anilines is 1. The van der Waals surface area contributed by atoms with Crippen LogP contribution >= 0.6 is 0 Å². The summed E-state index contributed by atoms with van der Waals surface area (Å²) in [5.74, 6) is 1.83. The lowest BCUT2D eigenvalue weighted by molar-refractivity contribution is 0.0168. The Bertz CT molecular complexity index is 718. The fraction of sp³-hybridized carbons (Fsp3) is 0.652. The quantitative estimate of drug-likeness (QED) is 0.368. The normalized spacial score (nSPS) is 17.3. The van der Waals surface area contributed by atoms with Crippen molar-refractivity contribution in [3.63, 3.8) is 0 Å². The van der Waals surface area contributed by atoms with Crippen LogP contribution in [0.4, 0.5) is 10.5 Å². The van der Waals surface area contributed by atoms with Crippen molar-refractivity contribution in [3.05, 3.63) is 24.3 Å². The van der Waals surface area contributed by atoms with E-state index in [1.807, 2.05) is 49.9 Å². The van der Waals surface area contributed by atoms with Gasteiger partial charge in [0.2, 0.25) is 0 Å². The van der Waals surface area contributed by atoms with Crippen LogP contribution in [0, 0.1) is 5.92 Å². The fourth-order valence-electron chi connectivity index (χ4n) is 3.34. The average molecular weight is 435 g/mol. The van der Waals surface area contributed by atoms with Gasteiger partial charge in [0, 0.05) is 58.6 Å². The molecule has 2 N–H and O–H groups in total. The number of piperidine rings is 1. The second kappa shape index (κ2) is 12.4. The van der Waals surface area contributed by atoms with Gasteiger partial charge >= 0.3 is 6.09 Å². The Kier molecular flexibility index (Phi) is 9.91. The van der Waals surface area contributed by atoms with E-state index in [1.54, 1.807) is 14.2 Å². The first kappa shape index (κ1) is 24.8. The van der Waals surface area contributed by atoms with E-state index in [-0.39, 0.29) is 6.09 Å². The van der Waals surface area contributed by atoms with Gasteiger partial charge < -0.3 is 29.7 Å². The van der Waals surface area contributed by atoms with Crippen molar-refractivity contribution in [1.82, 2.24) is 10.2 Å². The molecule has 8 heteroatoms. The highest BCUT2D eigenvalue weighted by Gasteiger charge is 2.27. The predicted octanol–water partition coefficient (Wildman–Crippen LogP) is 3.74. The number of ether oxygens (including phenoxy) is 3. The molecule has 1 aliphatic heterocycles. The molecule has 31 heavy (non-hydrogen) atoms. The Hall–Kier alpha value is -2.48. The predicted molar refractivity (Wildman–Crippen MR) is 124 cm³/mol. The average Bonchev–Trinajstić information content (AvgIpc) is 2.73. The van der Waals surface area contributed by atoms with Gasteiger partial charge in [0.05, 0.1) is 6.61 Å². The molecule has 1 amide bonds. The summed E-state index contributed by atoms with van der Waals surface area (Å²) >= 11 is 0. The number of nitrogens with one attached hydrogen (secondary N) is 2. The molecule has 1 saturated heterocycles. The summed E-state index contributed by atoms with van der Waals surface area (Å²) in [5, 5.41) is 6.68. The number of hydrogen-bond donors (Lipinski definition) is 2. The Balaban J connectivity index is 1.82. The van der Waals surface area contributed by atoms with E-state index >= 15 is 0 Å². The number of likely N-dealkylation sites (tertiary alicyclic amines) is 1. The zero-order valence-corrected chi connectivity index (χ0v) is 19.6. The first-order chi connectivity index (χ1) is 14.8. The molecule has 0 saturated carbocycles. The smallest absolute Gasteiger partial charge is 0.410 e. The molecule has 0 spiro atoms. The number of nitrogens with zero attached hydrogens (tertiary/aromatic N) is 2. The molecule has 1 atom stereocenters. The summed E-state index contributed by atoms with van der Waals surface area (Å²) in [4.78, 5) is 18.5. The van der Waals surface area contributed by atoms with Gasteiger partial charge in [-0.3, -0.25) is 4.99 Å². The van der Waals surface area contributed by atoms with Crippen LogP contribution in [0.3, 0.4) is 0 Å². The van der Waals surface area contributed by atoms with Crippen LogP contribution in [0.1, 0.15) is 40.0 Å². The molecule has 8 nitrogen and oxygen atoms in total. The van der Waals surface area contributed by atoms with Gasteiger partial charge in [0.1, 0.15) is 11.4 Å². The molecule has 174 valence electrons. The molecule has 1 aliphatic rings. The van der Waals surface area contributed by atoms with Crippen molar-refractivity contribution in [2.45, 2.75) is 45.6 Å². The van der Waals surface area contributed by atoms with Crippen LogP contribution in [-0.4, -0.2) is 69.6 Å². The lowest BCUT2D eigenvalue weighted by atomic mass is 9.98. The van der Waals surface area contributed by atoms with E-state index in [4.69, 9.17) is 14.2 Å². The number of guanidine groups is 1. The van der Waals surface area contributed by atoms with Crippen molar-refractivity contribution in [1.29, 1.82) is 0 Å². The lowest BCUT2D eigenvalue weighted by Crippen LogP contribution is -2.46. The number of rotatable bonds is 8. The maximum Gasteiger partial charge on any atom is 0.410 e. The summed E-state index contributed by atoms with van der Waals surface area (Å²) in [7, 11) is 3.43. The molecule has 0 aromatic heterocycles. The molecule has 1 fully saturated rings. The van der Waals surface area contributed by atoms with Gasteiger partial charge in [0.25, 0.3) is 0 Å². The zero-order chi connectivity index (χ0) is 22.7. The van der Waals surface area contributed by atoms with Crippen molar-refractivity contribution >= 4 is 17.7 Å². The Morgan fingerprint density at radius 2 is 2.10 bits per heavy atom. The van der Waals surface area contributed by atoms with E-state index in [0.717, 1.165) is 43.8 Å². The highest BCUT2D eigenvalue weighted by Crippen LogP contribution is 2.20. The topological polar surface area (TPSA) is 84.4 Å². The van der Waals surface area contributed by atoms with E-state index < -0.39 is 5.60 Å². The minimum absolute atomic E-state index is 0.234. The number of aliphatic imine (C=N–C) groups is 1. The van der Waals surface area contributed by atoms with E-state index in [9.17, 15) is 4.79 Å². The molecule has 1 aromatic rings. The summed E-state index contributed by atoms with van der Waals surface area (Å²) in [6.07, 6.45) is 2.65. The summed E-state index contributed by atoms with van der Waals surface area (Å²) in [5.41, 5.74) is 0.423. The highest BCUT2D eigenvalue weighted by molar-refractivity contribution is 5.93. The monoisotopic (exact) mass is 434 g/mol. The van der Waals surface area contributed by atoms with Crippen LogP contribution in [0.25, 0.3) is 0 Å². The number of amides is 1. The SMILES string of the molecule is CN=C(NCC1CCCN(C(=O)OC(C)(C)C)C1)Nc1cccc(OCCCOC)c1. The third kappa shape index (κ3) is 9.46. The largest absolute Gasteiger partial charge is 0.493 e. The molecular formula is C23H38N4O4. The molecule has 0 radical (unpaired) electrons. The van der Waals surface area contributed by atoms with Crippen molar-refractivity contribution in [2.24, 2.45) is 10.9 Å². The first-order valence-electron chi connectivity index (χ1n) is 11.0. The van der Waals surface area contributed by atoms with E-state index in [2.05, 4.69) is 15.6 Å². The van der Waals surface area contributed by atoms with Crippen molar-refractivity contribution in [2.75, 3.05) is 52.3 Å². The number of carbonyl (C=O) groups is 1. The van der Waals surface area contributed by atoms with E-state index in [0.29, 0.717) is 31.6 Å². The maximum absolute atomic E-state index is 12.4. The van der Waals surface area contributed by atoms with Gasteiger partial charge in [-0.2, -0.15) is 0 Å². The molecule has 1 aromatic carbocycles. The summed E-state index contributed by atoms with van der Waals surface area (Å²) in [6.45, 7) is 9.13. The Morgan fingerprint density at radius 3 is 2.81 bits per heavy atom. The number of benzene rings is 1. The minimum Gasteiger partial charge on any atom is -0.493 e. The molecule has 1 unspecified atom stereocenters. The Labute approximate surface area is 186 Å². The molecule has 0 aliphatic carbocycles. The van der Waals surface area contributed by atoms with Crippen LogP contribution in [0.5, 0.6) is 5.75 Å². The summed E-state index contributed by atoms with van der Waals surface area (Å²) < 4.78 is 16.3. The minimum atomic E-state index is -0.476. The third-order valence-electron chi connectivity index (χ3n) is 4.81. The fourth-order valence-corrected chi connectivity index (χ4v) is 3.34. The lowest BCUT2D eigenvalue weighted by Gasteiger charge is -2.34. The zero-order valence-electron chi connectivity index (χ0n) is 19.6. The second-order valence-corrected chi connectivity index (χ2v) is 8.74. The van der Waals surface area contributed by atoms with Crippen LogP contribution in [0.2, 0.25) is 0 Å². The van der Waals surface area contributed by atoms with Crippen LogP contribution in [-0.2, 0) is 9.47 Å². The maximum atomic E-state index is 12.4. The summed E-state index contributed by atoms with van der Waals surface area (Å²) in [6, 6.07) is 7.80. The van der Waals surface area contributed by atoms with Crippen LogP contribution in [0.15, 0.2) is 29.3 Å². The van der Waals surface area contributed by atoms with Gasteiger partial charge in [-0.15, -0.1) is 0 Å². The first-order valence-corrected chi connectivity index (χ1v) is 11.0. The standard InChI is InChI=1S/C23H38N4O4/c1-23(2,3)31-22(28)27-12-7-9-18(17-27)16-25-21(24-4)26-19-10-6-11-20(15-19)30-14-8-13-29-5/h6,10-11,15,18H,7-9,12-14,16-17H2,1-5H3,(H2,24,25,26). The molecule has 0 bridgehead atoms. The van der Waals surface area contributed by atoms with Gasteiger partial charge in [-0.25, -0.2) is 4.79 Å². The van der Waals surface area contributed by atoms with Gasteiger partial charge in [-0.05, 0) is 51.7 Å². The van der Waals surface area contributed by atoms with Gasteiger partial charge in [0.15, 0.2) is 5.96 Å². The number of hydrogen-bond acceptors (Lipinski definition) is 5. The Morgan fingerprint density at radius 1 is 1.29 bits per heavy atom. The third-order valence-corrected chi connectivity index (χ3v) is 4.81. The van der Waals surface area contributed by atoms with Crippen molar-refractivity contribution < 1.29 is 19.0 Å². The van der Waals surface area contributed by atoms with Crippen molar-refractivity contribution in [3.8, 4) is 5.75 Å². The second-order valence-electron chi connectivity index (χ2n) is 8.74. The molecular weight excluding hydrogens is 396 g/mol.